The van der Waals surface area contributed by atoms with E-state index in [1.807, 2.05) is 20.0 Å². The molecule has 0 spiro atoms. The van der Waals surface area contributed by atoms with Crippen LogP contribution in [-0.4, -0.2) is 45.9 Å². The van der Waals surface area contributed by atoms with Gasteiger partial charge in [0.25, 0.3) is 0 Å². The fourth-order valence-corrected chi connectivity index (χ4v) is 3.34. The van der Waals surface area contributed by atoms with Crippen LogP contribution in [-0.2, 0) is 0 Å². The van der Waals surface area contributed by atoms with Gasteiger partial charge in [-0.3, -0.25) is 9.67 Å². The predicted octanol–water partition coefficient (Wildman–Crippen LogP) is 2.27. The number of aromatic amines is 1. The van der Waals surface area contributed by atoms with Crippen LogP contribution in [0.2, 0.25) is 0 Å². The topological polar surface area (TPSA) is 138 Å². The molecule has 0 saturated carbocycles. The Balaban J connectivity index is 1.80. The largest absolute Gasteiger partial charge is 0.507 e. The van der Waals surface area contributed by atoms with Crippen molar-refractivity contribution >= 4 is 11.2 Å². The molecule has 1 aromatic carbocycles. The lowest BCUT2D eigenvalue weighted by atomic mass is 10.0. The van der Waals surface area contributed by atoms with Crippen molar-refractivity contribution in [2.45, 2.75) is 39.0 Å². The molecule has 0 radical (unpaired) electrons. The molecule has 0 fully saturated rings. The summed E-state index contributed by atoms with van der Waals surface area (Å²) in [6.07, 6.45) is 2.28. The number of halogens is 1. The van der Waals surface area contributed by atoms with E-state index in [9.17, 15) is 24.5 Å². The van der Waals surface area contributed by atoms with Gasteiger partial charge >= 0.3 is 5.69 Å². The minimum atomic E-state index is -1.46. The smallest absolute Gasteiger partial charge is 0.360 e. The summed E-state index contributed by atoms with van der Waals surface area (Å²) in [6.45, 7) is 5.30. The molecule has 0 aliphatic heterocycles. The number of aliphatic hydroxyl groups is 1. The Labute approximate surface area is 181 Å². The van der Waals surface area contributed by atoms with E-state index in [1.165, 1.54) is 6.92 Å². The summed E-state index contributed by atoms with van der Waals surface area (Å²) in [5.74, 6) is -2.39. The predicted molar refractivity (Wildman–Crippen MR) is 113 cm³/mol. The number of hydrogen-bond acceptors (Lipinski definition) is 7. The van der Waals surface area contributed by atoms with Crippen molar-refractivity contribution in [3.05, 3.63) is 58.7 Å². The van der Waals surface area contributed by atoms with Crippen LogP contribution >= 0.6 is 0 Å². The van der Waals surface area contributed by atoms with Crippen LogP contribution in [0.3, 0.4) is 0 Å². The van der Waals surface area contributed by atoms with E-state index in [2.05, 4.69) is 15.1 Å². The van der Waals surface area contributed by atoms with E-state index in [-0.39, 0.29) is 22.8 Å². The molecule has 0 bridgehead atoms. The maximum atomic E-state index is 13.9. The molecule has 1 unspecified atom stereocenters. The summed E-state index contributed by atoms with van der Waals surface area (Å²) in [5.41, 5.74) is 0.789. The fraction of sp³-hybridized carbons (Fsp3) is 0.286. The number of hydrogen-bond donors (Lipinski definition) is 4. The van der Waals surface area contributed by atoms with Gasteiger partial charge in [0.1, 0.15) is 11.3 Å². The first kappa shape index (κ1) is 21.4. The number of fused-ring (bicyclic) bond motifs is 1. The third-order valence-corrected chi connectivity index (χ3v) is 5.05. The highest BCUT2D eigenvalue weighted by atomic mass is 19.1. The third kappa shape index (κ3) is 3.66. The lowest BCUT2D eigenvalue weighted by Crippen LogP contribution is -2.32. The second-order valence-electron chi connectivity index (χ2n) is 7.71. The van der Waals surface area contributed by atoms with Gasteiger partial charge in [-0.05, 0) is 39.0 Å². The van der Waals surface area contributed by atoms with Crippen molar-refractivity contribution in [2.24, 2.45) is 0 Å². The highest BCUT2D eigenvalue weighted by molar-refractivity contribution is 5.77. The Morgan fingerprint density at radius 3 is 2.56 bits per heavy atom. The van der Waals surface area contributed by atoms with Crippen LogP contribution in [0.4, 0.5) is 4.39 Å². The molecular weight excluding hydrogens is 421 g/mol. The SMILES string of the molecule is CC(O)[C@@H](On1c(=O)[nH]c2ncc(-c3cnn(C(C)C)c3)cc21)c1c(O)ccc(F)c1O. The number of nitrogens with one attached hydrogen (secondary N) is 1. The summed E-state index contributed by atoms with van der Waals surface area (Å²) in [5, 5.41) is 34.8. The van der Waals surface area contributed by atoms with Gasteiger partial charge in [-0.1, -0.05) is 0 Å². The van der Waals surface area contributed by atoms with Crippen molar-refractivity contribution in [1.82, 2.24) is 24.5 Å². The van der Waals surface area contributed by atoms with Gasteiger partial charge in [0.2, 0.25) is 0 Å². The average Bonchev–Trinajstić information content (AvgIpc) is 3.35. The minimum Gasteiger partial charge on any atom is -0.507 e. The molecule has 11 heteroatoms. The number of pyridine rings is 1. The maximum Gasteiger partial charge on any atom is 0.360 e. The molecule has 168 valence electrons. The summed E-state index contributed by atoms with van der Waals surface area (Å²) in [4.78, 5) is 25.0. The van der Waals surface area contributed by atoms with Crippen LogP contribution in [0, 0.1) is 5.82 Å². The molecular formula is C21H22FN5O5. The molecule has 0 aliphatic carbocycles. The van der Waals surface area contributed by atoms with Gasteiger partial charge < -0.3 is 20.2 Å². The Morgan fingerprint density at radius 2 is 1.91 bits per heavy atom. The van der Waals surface area contributed by atoms with Crippen LogP contribution in [0.25, 0.3) is 22.3 Å². The molecule has 2 atom stereocenters. The van der Waals surface area contributed by atoms with Crippen LogP contribution < -0.4 is 10.5 Å². The first-order valence-electron chi connectivity index (χ1n) is 9.88. The highest BCUT2D eigenvalue weighted by Crippen LogP contribution is 2.37. The maximum absolute atomic E-state index is 13.9. The number of nitrogens with zero attached hydrogens (tertiary/aromatic N) is 4. The van der Waals surface area contributed by atoms with E-state index in [0.717, 1.165) is 22.4 Å². The first-order chi connectivity index (χ1) is 15.2. The van der Waals surface area contributed by atoms with Crippen molar-refractivity contribution in [3.63, 3.8) is 0 Å². The average molecular weight is 443 g/mol. The van der Waals surface area contributed by atoms with E-state index in [1.54, 1.807) is 23.1 Å². The number of aromatic nitrogens is 5. The standard InChI is InChI=1S/C21H22FN5O5/c1-10(2)26-9-13(8-24-26)12-6-15-20(23-7-12)25-21(31)27(15)32-19(11(3)28)17-16(29)5-4-14(22)18(17)30/h4-11,19,28-30H,1-3H3,(H,23,25,31)/t11?,19-/m1/s1. The number of H-pyrrole nitrogens is 1. The number of imidazole rings is 1. The van der Waals surface area contributed by atoms with Gasteiger partial charge in [0.05, 0.1) is 17.9 Å². The lowest BCUT2D eigenvalue weighted by molar-refractivity contribution is -0.0403. The van der Waals surface area contributed by atoms with Gasteiger partial charge in [-0.25, -0.2) is 14.2 Å². The molecule has 4 aromatic rings. The summed E-state index contributed by atoms with van der Waals surface area (Å²) in [7, 11) is 0. The second-order valence-corrected chi connectivity index (χ2v) is 7.71. The molecule has 4 N–H and O–H groups in total. The molecule has 32 heavy (non-hydrogen) atoms. The molecule has 10 nitrogen and oxygen atoms in total. The molecule has 3 aromatic heterocycles. The van der Waals surface area contributed by atoms with Crippen LogP contribution in [0.5, 0.6) is 11.5 Å². The normalized spacial score (nSPS) is 13.6. The van der Waals surface area contributed by atoms with E-state index >= 15 is 0 Å². The van der Waals surface area contributed by atoms with Crippen molar-refractivity contribution in [2.75, 3.05) is 0 Å². The van der Waals surface area contributed by atoms with Gasteiger partial charge in [-0.2, -0.15) is 5.10 Å². The number of aromatic hydroxyl groups is 2. The van der Waals surface area contributed by atoms with E-state index in [0.29, 0.717) is 5.56 Å². The fourth-order valence-electron chi connectivity index (χ4n) is 3.34. The van der Waals surface area contributed by atoms with Crippen LogP contribution in [0.15, 0.2) is 41.6 Å². The number of phenols is 2. The monoisotopic (exact) mass is 443 g/mol. The Bertz CT molecular complexity index is 1340. The van der Waals surface area contributed by atoms with Crippen molar-refractivity contribution in [1.29, 1.82) is 0 Å². The number of benzene rings is 1. The molecule has 0 amide bonds. The van der Waals surface area contributed by atoms with Crippen molar-refractivity contribution < 1.29 is 24.5 Å². The molecule has 3 heterocycles. The number of rotatable bonds is 6. The lowest BCUT2D eigenvalue weighted by Gasteiger charge is -2.23. The molecule has 0 aliphatic rings. The highest BCUT2D eigenvalue weighted by Gasteiger charge is 2.30. The van der Waals surface area contributed by atoms with Crippen LogP contribution in [0.1, 0.15) is 38.5 Å². The first-order valence-corrected chi connectivity index (χ1v) is 9.88. The van der Waals surface area contributed by atoms with Gasteiger partial charge in [0.15, 0.2) is 23.3 Å². The Morgan fingerprint density at radius 1 is 1.16 bits per heavy atom. The quantitative estimate of drug-likeness (QED) is 0.359. The zero-order valence-corrected chi connectivity index (χ0v) is 17.5. The van der Waals surface area contributed by atoms with Gasteiger partial charge in [-0.15, -0.1) is 4.73 Å². The zero-order valence-electron chi connectivity index (χ0n) is 17.5. The minimum absolute atomic E-state index is 0.160. The number of aliphatic hydroxyl groups excluding tert-OH is 1. The second kappa shape index (κ2) is 8.00. The van der Waals surface area contributed by atoms with Crippen molar-refractivity contribution in [3.8, 4) is 22.6 Å². The third-order valence-electron chi connectivity index (χ3n) is 5.05. The van der Waals surface area contributed by atoms with Gasteiger partial charge in [0, 0.05) is 29.6 Å². The number of phenolic OH excluding ortho intramolecular Hbond substituents is 2. The molecule has 4 rings (SSSR count). The summed E-state index contributed by atoms with van der Waals surface area (Å²) in [6, 6.07) is 3.70. The summed E-state index contributed by atoms with van der Waals surface area (Å²) >= 11 is 0. The summed E-state index contributed by atoms with van der Waals surface area (Å²) < 4.78 is 16.5. The Hall–Kier alpha value is -3.86. The van der Waals surface area contributed by atoms with E-state index < -0.39 is 35.2 Å². The zero-order chi connectivity index (χ0) is 23.2. The Kier molecular flexibility index (Phi) is 5.35. The molecule has 0 saturated heterocycles. The van der Waals surface area contributed by atoms with E-state index in [4.69, 9.17) is 4.84 Å².